The molecule has 0 aromatic heterocycles. The first-order valence-corrected chi connectivity index (χ1v) is 11.1. The van der Waals surface area contributed by atoms with Crippen LogP contribution in [0.25, 0.3) is 6.08 Å². The van der Waals surface area contributed by atoms with Crippen LogP contribution in [0.4, 0.5) is 18.9 Å². The maximum Gasteiger partial charge on any atom is 0.416 e. The molecular formula is C23H11ClF3IN2O5. The van der Waals surface area contributed by atoms with Gasteiger partial charge in [-0.2, -0.15) is 13.2 Å². The Labute approximate surface area is 214 Å². The fourth-order valence-corrected chi connectivity index (χ4v) is 3.76. The monoisotopic (exact) mass is 614 g/mol. The van der Waals surface area contributed by atoms with Crippen molar-refractivity contribution in [3.05, 3.63) is 102 Å². The van der Waals surface area contributed by atoms with Crippen molar-refractivity contribution in [2.24, 2.45) is 4.99 Å². The van der Waals surface area contributed by atoms with E-state index in [-0.39, 0.29) is 22.9 Å². The van der Waals surface area contributed by atoms with Crippen molar-refractivity contribution in [1.29, 1.82) is 0 Å². The minimum atomic E-state index is -4.76. The summed E-state index contributed by atoms with van der Waals surface area (Å²) in [6, 6.07) is 13.2. The number of halogens is 5. The first-order valence-electron chi connectivity index (χ1n) is 9.63. The number of hydrogen-bond donors (Lipinski definition) is 0. The Hall–Kier alpha value is -3.45. The van der Waals surface area contributed by atoms with Crippen molar-refractivity contribution >= 4 is 57.8 Å². The summed E-state index contributed by atoms with van der Waals surface area (Å²) in [6.07, 6.45) is -3.42. The molecule has 3 aromatic rings. The molecule has 0 atom stereocenters. The van der Waals surface area contributed by atoms with Crippen molar-refractivity contribution in [3.8, 4) is 11.5 Å². The average molecular weight is 615 g/mol. The number of carbonyl (C=O) groups excluding carboxylic acids is 1. The van der Waals surface area contributed by atoms with E-state index in [0.717, 1.165) is 9.64 Å². The fraction of sp³-hybridized carbons (Fsp3) is 0.0435. The summed E-state index contributed by atoms with van der Waals surface area (Å²) in [5, 5.41) is 11.7. The Balaban J connectivity index is 1.70. The molecule has 4 rings (SSSR count). The van der Waals surface area contributed by atoms with Gasteiger partial charge in [-0.05, 0) is 65.1 Å². The third-order valence-corrected chi connectivity index (χ3v) is 5.69. The number of aliphatic imine (C=N–C) groups is 1. The van der Waals surface area contributed by atoms with Crippen molar-refractivity contribution < 1.29 is 32.4 Å². The van der Waals surface area contributed by atoms with E-state index in [1.807, 2.05) is 0 Å². The Kier molecular flexibility index (Phi) is 6.81. The second-order valence-corrected chi connectivity index (χ2v) is 8.69. The van der Waals surface area contributed by atoms with Crippen LogP contribution >= 0.6 is 34.2 Å². The highest BCUT2D eigenvalue weighted by atomic mass is 127. The molecule has 1 heterocycles. The van der Waals surface area contributed by atoms with Crippen molar-refractivity contribution in [1.82, 2.24) is 0 Å². The zero-order valence-electron chi connectivity index (χ0n) is 17.2. The van der Waals surface area contributed by atoms with Crippen molar-refractivity contribution in [3.63, 3.8) is 0 Å². The minimum Gasteiger partial charge on any atom is -0.449 e. The number of para-hydroxylation sites is 1. The number of ether oxygens (including phenoxy) is 2. The van der Waals surface area contributed by atoms with Gasteiger partial charge >= 0.3 is 17.8 Å². The second-order valence-electron chi connectivity index (χ2n) is 7.04. The van der Waals surface area contributed by atoms with Crippen molar-refractivity contribution in [2.75, 3.05) is 0 Å². The van der Waals surface area contributed by atoms with Crippen LogP contribution in [0.5, 0.6) is 11.5 Å². The quantitative estimate of drug-likeness (QED) is 0.101. The van der Waals surface area contributed by atoms with Gasteiger partial charge in [0.05, 0.1) is 21.1 Å². The molecule has 0 radical (unpaired) electrons. The lowest BCUT2D eigenvalue weighted by molar-refractivity contribution is -0.385. The summed E-state index contributed by atoms with van der Waals surface area (Å²) in [4.78, 5) is 27.0. The molecule has 35 heavy (non-hydrogen) atoms. The SMILES string of the molecule is O=C1OC(c2cc(I)ccc2Cl)=N/C1=C\c1ccccc1Oc1ccc(C(F)(F)F)cc1[N+](=O)[O-]. The number of alkyl halides is 3. The van der Waals surface area contributed by atoms with E-state index < -0.39 is 34.1 Å². The maximum absolute atomic E-state index is 13.0. The van der Waals surface area contributed by atoms with E-state index in [1.54, 1.807) is 30.3 Å². The van der Waals surface area contributed by atoms with Gasteiger partial charge in [-0.25, -0.2) is 9.79 Å². The topological polar surface area (TPSA) is 91.0 Å². The lowest BCUT2D eigenvalue weighted by atomic mass is 10.1. The van der Waals surface area contributed by atoms with Crippen LogP contribution in [0.3, 0.4) is 0 Å². The number of benzene rings is 3. The summed E-state index contributed by atoms with van der Waals surface area (Å²) in [5.74, 6) is -1.11. The molecule has 0 saturated carbocycles. The summed E-state index contributed by atoms with van der Waals surface area (Å²) < 4.78 is 50.6. The van der Waals surface area contributed by atoms with E-state index in [9.17, 15) is 28.1 Å². The van der Waals surface area contributed by atoms with E-state index in [1.165, 1.54) is 18.2 Å². The van der Waals surface area contributed by atoms with Gasteiger partial charge in [-0.15, -0.1) is 0 Å². The number of nitrogens with zero attached hydrogens (tertiary/aromatic N) is 2. The molecule has 0 fully saturated rings. The maximum atomic E-state index is 13.0. The first-order chi connectivity index (χ1) is 16.5. The molecule has 1 aliphatic heterocycles. The van der Waals surface area contributed by atoms with E-state index in [0.29, 0.717) is 22.7 Å². The normalized spacial score (nSPS) is 14.6. The van der Waals surface area contributed by atoms with Crippen LogP contribution < -0.4 is 4.74 Å². The van der Waals surface area contributed by atoms with Gasteiger partial charge in [-0.1, -0.05) is 29.8 Å². The summed E-state index contributed by atoms with van der Waals surface area (Å²) >= 11 is 8.26. The predicted molar refractivity (Wildman–Crippen MR) is 129 cm³/mol. The molecule has 0 amide bonds. The Morgan fingerprint density at radius 3 is 2.54 bits per heavy atom. The Morgan fingerprint density at radius 2 is 1.83 bits per heavy atom. The Bertz CT molecular complexity index is 1420. The average Bonchev–Trinajstić information content (AvgIpc) is 3.16. The number of rotatable bonds is 5. The second kappa shape index (κ2) is 9.66. The van der Waals surface area contributed by atoms with Gasteiger partial charge < -0.3 is 9.47 Å². The van der Waals surface area contributed by atoms with Crippen LogP contribution in [-0.4, -0.2) is 16.8 Å². The van der Waals surface area contributed by atoms with Gasteiger partial charge in [0.15, 0.2) is 5.70 Å². The van der Waals surface area contributed by atoms with Crippen LogP contribution in [0.2, 0.25) is 5.02 Å². The zero-order chi connectivity index (χ0) is 25.3. The highest BCUT2D eigenvalue weighted by Crippen LogP contribution is 2.39. The molecule has 7 nitrogen and oxygen atoms in total. The smallest absolute Gasteiger partial charge is 0.416 e. The highest BCUT2D eigenvalue weighted by molar-refractivity contribution is 14.1. The van der Waals surface area contributed by atoms with Crippen LogP contribution in [0.15, 0.2) is 71.4 Å². The van der Waals surface area contributed by atoms with Crippen molar-refractivity contribution in [2.45, 2.75) is 6.18 Å². The molecule has 0 N–H and O–H groups in total. The lowest BCUT2D eigenvalue weighted by Crippen LogP contribution is -2.06. The lowest BCUT2D eigenvalue weighted by Gasteiger charge is -2.11. The van der Waals surface area contributed by atoms with E-state index >= 15 is 0 Å². The third-order valence-electron chi connectivity index (χ3n) is 4.69. The van der Waals surface area contributed by atoms with Gasteiger partial charge in [0, 0.05) is 15.2 Å². The summed E-state index contributed by atoms with van der Waals surface area (Å²) in [6.45, 7) is 0. The van der Waals surface area contributed by atoms with Crippen LogP contribution in [0.1, 0.15) is 16.7 Å². The number of cyclic esters (lactones) is 1. The summed E-state index contributed by atoms with van der Waals surface area (Å²) in [5.41, 5.74) is -1.44. The highest BCUT2D eigenvalue weighted by Gasteiger charge is 2.33. The molecule has 3 aromatic carbocycles. The standard InChI is InChI=1S/C23H11ClF3IN2O5/c24-16-7-6-14(28)11-15(16)21-29-17(22(31)35-21)9-12-3-1-2-4-19(12)34-20-8-5-13(23(25,26)27)10-18(20)30(32)33/h1-11H/b17-9-. The number of nitro benzene ring substituents is 1. The fourth-order valence-electron chi connectivity index (χ4n) is 3.07. The molecule has 0 unspecified atom stereocenters. The number of hydrogen-bond acceptors (Lipinski definition) is 6. The Morgan fingerprint density at radius 1 is 1.09 bits per heavy atom. The number of nitro groups is 1. The molecule has 1 aliphatic rings. The van der Waals surface area contributed by atoms with E-state index in [4.69, 9.17) is 21.1 Å². The van der Waals surface area contributed by atoms with E-state index in [2.05, 4.69) is 27.6 Å². The zero-order valence-corrected chi connectivity index (χ0v) is 20.1. The molecule has 0 aliphatic carbocycles. The largest absolute Gasteiger partial charge is 0.449 e. The molecule has 12 heteroatoms. The molecule has 0 saturated heterocycles. The first kappa shape index (κ1) is 24.7. The van der Waals surface area contributed by atoms with Gasteiger partial charge in [-0.3, -0.25) is 10.1 Å². The van der Waals surface area contributed by atoms with Crippen LogP contribution in [0, 0.1) is 13.7 Å². The van der Waals surface area contributed by atoms with Gasteiger partial charge in [0.2, 0.25) is 11.6 Å². The molecule has 178 valence electrons. The number of carbonyl (C=O) groups is 1. The molecule has 0 bridgehead atoms. The predicted octanol–water partition coefficient (Wildman–Crippen LogP) is 7.01. The molecule has 0 spiro atoms. The van der Waals surface area contributed by atoms with Crippen LogP contribution in [-0.2, 0) is 15.7 Å². The van der Waals surface area contributed by atoms with Gasteiger partial charge in [0.25, 0.3) is 0 Å². The molecular weight excluding hydrogens is 604 g/mol. The third kappa shape index (κ3) is 5.46. The minimum absolute atomic E-state index is 0.00143. The summed E-state index contributed by atoms with van der Waals surface area (Å²) in [7, 11) is 0. The number of esters is 1. The van der Waals surface area contributed by atoms with Gasteiger partial charge in [0.1, 0.15) is 5.75 Å².